The van der Waals surface area contributed by atoms with Crippen LogP contribution in [0.5, 0.6) is 0 Å². The average Bonchev–Trinajstić information content (AvgIpc) is 2.25. The standard InChI is InChI=1S/C10H13FN2O3S/c1-17(16)6-2-5-12-10-4-3-8(13(14)15)7-9(10)11/h3-4,7,12H,2,5-6H2,1H3. The third-order valence-electron chi connectivity index (χ3n) is 2.09. The second-order valence-electron chi connectivity index (χ2n) is 3.48. The molecule has 0 bridgehead atoms. The van der Waals surface area contributed by atoms with E-state index in [2.05, 4.69) is 5.32 Å². The molecule has 0 spiro atoms. The molecule has 0 aliphatic carbocycles. The van der Waals surface area contributed by atoms with Gasteiger partial charge < -0.3 is 5.32 Å². The highest BCUT2D eigenvalue weighted by Gasteiger charge is 2.09. The molecule has 1 aromatic rings. The number of nitro groups is 1. The maximum absolute atomic E-state index is 13.4. The Kier molecular flexibility index (Phi) is 5.02. The molecule has 1 unspecified atom stereocenters. The van der Waals surface area contributed by atoms with Gasteiger partial charge in [-0.2, -0.15) is 0 Å². The molecule has 1 aromatic carbocycles. The van der Waals surface area contributed by atoms with Crippen molar-refractivity contribution >= 4 is 22.2 Å². The van der Waals surface area contributed by atoms with Gasteiger partial charge in [0.1, 0.15) is 0 Å². The van der Waals surface area contributed by atoms with Crippen molar-refractivity contribution in [1.29, 1.82) is 0 Å². The number of rotatable bonds is 6. The number of nitro benzene ring substituents is 1. The van der Waals surface area contributed by atoms with E-state index in [1.807, 2.05) is 0 Å². The van der Waals surface area contributed by atoms with E-state index in [-0.39, 0.29) is 11.4 Å². The lowest BCUT2D eigenvalue weighted by molar-refractivity contribution is -0.385. The first-order valence-electron chi connectivity index (χ1n) is 4.98. The summed E-state index contributed by atoms with van der Waals surface area (Å²) < 4.78 is 24.1. The van der Waals surface area contributed by atoms with E-state index in [1.54, 1.807) is 6.26 Å². The molecule has 0 saturated heterocycles. The molecule has 0 fully saturated rings. The van der Waals surface area contributed by atoms with Crippen LogP contribution in [0, 0.1) is 15.9 Å². The summed E-state index contributed by atoms with van der Waals surface area (Å²) in [6, 6.07) is 3.44. The number of halogens is 1. The molecular formula is C10H13FN2O3S. The quantitative estimate of drug-likeness (QED) is 0.482. The van der Waals surface area contributed by atoms with E-state index < -0.39 is 21.5 Å². The highest BCUT2D eigenvalue weighted by atomic mass is 32.2. The summed E-state index contributed by atoms with van der Waals surface area (Å²) in [5, 5.41) is 13.2. The second kappa shape index (κ2) is 6.29. The van der Waals surface area contributed by atoms with Crippen molar-refractivity contribution < 1.29 is 13.5 Å². The number of nitrogens with one attached hydrogen (secondary N) is 1. The van der Waals surface area contributed by atoms with Crippen LogP contribution in [0.2, 0.25) is 0 Å². The Balaban J connectivity index is 2.54. The van der Waals surface area contributed by atoms with Crippen molar-refractivity contribution in [3.63, 3.8) is 0 Å². The lowest BCUT2D eigenvalue weighted by Gasteiger charge is -2.06. The zero-order valence-electron chi connectivity index (χ0n) is 9.31. The maximum atomic E-state index is 13.4. The van der Waals surface area contributed by atoms with Gasteiger partial charge in [0.15, 0.2) is 5.82 Å². The van der Waals surface area contributed by atoms with Gasteiger partial charge in [0.25, 0.3) is 5.69 Å². The lowest BCUT2D eigenvalue weighted by atomic mass is 10.2. The maximum Gasteiger partial charge on any atom is 0.272 e. The van der Waals surface area contributed by atoms with Crippen molar-refractivity contribution in [2.24, 2.45) is 0 Å². The van der Waals surface area contributed by atoms with Gasteiger partial charge in [0.2, 0.25) is 0 Å². The van der Waals surface area contributed by atoms with Crippen LogP contribution >= 0.6 is 0 Å². The summed E-state index contributed by atoms with van der Waals surface area (Å²) in [5.74, 6) is -0.112. The molecule has 7 heteroatoms. The number of hydrogen-bond acceptors (Lipinski definition) is 4. The number of hydrogen-bond donors (Lipinski definition) is 1. The minimum absolute atomic E-state index is 0.220. The SMILES string of the molecule is CS(=O)CCCNc1ccc([N+](=O)[O-])cc1F. The molecule has 0 radical (unpaired) electrons. The summed E-state index contributed by atoms with van der Waals surface area (Å²) >= 11 is 0. The predicted molar refractivity (Wildman–Crippen MR) is 65.1 cm³/mol. The minimum Gasteiger partial charge on any atom is -0.383 e. The molecule has 0 aromatic heterocycles. The Morgan fingerprint density at radius 2 is 2.24 bits per heavy atom. The predicted octanol–water partition coefficient (Wildman–Crippen LogP) is 1.91. The van der Waals surface area contributed by atoms with E-state index in [9.17, 15) is 18.7 Å². The average molecular weight is 260 g/mol. The molecule has 5 nitrogen and oxygen atoms in total. The van der Waals surface area contributed by atoms with Crippen molar-refractivity contribution in [1.82, 2.24) is 0 Å². The molecule has 0 aliphatic heterocycles. The molecule has 0 saturated carbocycles. The van der Waals surface area contributed by atoms with Gasteiger partial charge in [0.05, 0.1) is 16.7 Å². The largest absolute Gasteiger partial charge is 0.383 e. The van der Waals surface area contributed by atoms with E-state index in [4.69, 9.17) is 0 Å². The zero-order chi connectivity index (χ0) is 12.8. The van der Waals surface area contributed by atoms with Crippen molar-refractivity contribution in [2.75, 3.05) is 23.9 Å². The van der Waals surface area contributed by atoms with Crippen LogP contribution in [-0.2, 0) is 10.8 Å². The van der Waals surface area contributed by atoms with E-state index in [0.29, 0.717) is 18.7 Å². The van der Waals surface area contributed by atoms with Crippen LogP contribution in [0.4, 0.5) is 15.8 Å². The van der Waals surface area contributed by atoms with Gasteiger partial charge in [-0.05, 0) is 12.5 Å². The fraction of sp³-hybridized carbons (Fsp3) is 0.400. The second-order valence-corrected chi connectivity index (χ2v) is 5.03. The molecule has 0 aliphatic rings. The molecular weight excluding hydrogens is 247 g/mol. The Bertz CT molecular complexity index is 440. The van der Waals surface area contributed by atoms with E-state index in [0.717, 1.165) is 6.07 Å². The van der Waals surface area contributed by atoms with Crippen LogP contribution in [0.15, 0.2) is 18.2 Å². The van der Waals surface area contributed by atoms with Crippen LogP contribution in [-0.4, -0.2) is 27.7 Å². The third-order valence-corrected chi connectivity index (χ3v) is 2.95. The van der Waals surface area contributed by atoms with Crippen LogP contribution in [0.25, 0.3) is 0 Å². The molecule has 0 amide bonds. The zero-order valence-corrected chi connectivity index (χ0v) is 10.1. The van der Waals surface area contributed by atoms with Gasteiger partial charge in [-0.25, -0.2) is 4.39 Å². The first-order valence-corrected chi connectivity index (χ1v) is 6.71. The summed E-state index contributed by atoms with van der Waals surface area (Å²) in [6.07, 6.45) is 2.26. The third kappa shape index (κ3) is 4.48. The monoisotopic (exact) mass is 260 g/mol. The highest BCUT2D eigenvalue weighted by molar-refractivity contribution is 7.84. The minimum atomic E-state index is -0.862. The molecule has 94 valence electrons. The van der Waals surface area contributed by atoms with Gasteiger partial charge in [-0.15, -0.1) is 0 Å². The number of anilines is 1. The van der Waals surface area contributed by atoms with Crippen molar-refractivity contribution in [2.45, 2.75) is 6.42 Å². The lowest BCUT2D eigenvalue weighted by Crippen LogP contribution is -2.07. The highest BCUT2D eigenvalue weighted by Crippen LogP contribution is 2.20. The van der Waals surface area contributed by atoms with E-state index in [1.165, 1.54) is 12.1 Å². The first-order chi connectivity index (χ1) is 8.00. The van der Waals surface area contributed by atoms with Crippen LogP contribution in [0.3, 0.4) is 0 Å². The molecule has 1 rings (SSSR count). The Hall–Kier alpha value is -1.50. The topological polar surface area (TPSA) is 72.2 Å². The van der Waals surface area contributed by atoms with Crippen LogP contribution < -0.4 is 5.32 Å². The fourth-order valence-corrected chi connectivity index (χ4v) is 1.81. The van der Waals surface area contributed by atoms with Crippen molar-refractivity contribution in [3.8, 4) is 0 Å². The number of non-ortho nitro benzene ring substituents is 1. The number of benzene rings is 1. The Morgan fingerprint density at radius 1 is 1.53 bits per heavy atom. The Labute approximate surface area is 101 Å². The van der Waals surface area contributed by atoms with E-state index >= 15 is 0 Å². The summed E-state index contributed by atoms with van der Waals surface area (Å²) in [6.45, 7) is 0.480. The smallest absolute Gasteiger partial charge is 0.272 e. The molecule has 17 heavy (non-hydrogen) atoms. The fourth-order valence-electron chi connectivity index (χ4n) is 1.26. The summed E-state index contributed by atoms with van der Waals surface area (Å²) in [5.41, 5.74) is -0.0554. The Morgan fingerprint density at radius 3 is 2.76 bits per heavy atom. The van der Waals surface area contributed by atoms with Gasteiger partial charge in [0, 0.05) is 35.4 Å². The number of nitrogens with zero attached hydrogens (tertiary/aromatic N) is 1. The molecule has 0 heterocycles. The summed E-state index contributed by atoms with van der Waals surface area (Å²) in [7, 11) is -0.862. The van der Waals surface area contributed by atoms with Crippen LogP contribution in [0.1, 0.15) is 6.42 Å². The summed E-state index contributed by atoms with van der Waals surface area (Å²) in [4.78, 5) is 9.74. The van der Waals surface area contributed by atoms with Gasteiger partial charge in [-0.3, -0.25) is 14.3 Å². The molecule has 1 atom stereocenters. The van der Waals surface area contributed by atoms with Crippen molar-refractivity contribution in [3.05, 3.63) is 34.1 Å². The molecule has 1 N–H and O–H groups in total. The normalized spacial score (nSPS) is 12.1. The van der Waals surface area contributed by atoms with Gasteiger partial charge >= 0.3 is 0 Å². The van der Waals surface area contributed by atoms with Gasteiger partial charge in [-0.1, -0.05) is 0 Å². The first kappa shape index (κ1) is 13.6.